The number of benzene rings is 2. The summed E-state index contributed by atoms with van der Waals surface area (Å²) in [6, 6.07) is 16.7. The van der Waals surface area contributed by atoms with Gasteiger partial charge in [0.15, 0.2) is 5.16 Å². The molecule has 2 aromatic carbocycles. The summed E-state index contributed by atoms with van der Waals surface area (Å²) in [6.07, 6.45) is 2.58. The molecular formula is C20H16F2N4OS. The van der Waals surface area contributed by atoms with Crippen molar-refractivity contribution in [3.8, 4) is 0 Å². The third-order valence-electron chi connectivity index (χ3n) is 4.30. The van der Waals surface area contributed by atoms with Gasteiger partial charge in [-0.15, -0.1) is 0 Å². The van der Waals surface area contributed by atoms with E-state index in [0.717, 1.165) is 10.1 Å². The highest BCUT2D eigenvalue weighted by Gasteiger charge is 2.15. The first-order valence-corrected chi connectivity index (χ1v) is 9.58. The Bertz CT molecular complexity index is 1160. The molecule has 0 atom stereocenters. The average molecular weight is 398 g/mol. The molecule has 0 N–H and O–H groups in total. The smallest absolute Gasteiger partial charge is 0.283 e. The van der Waals surface area contributed by atoms with Gasteiger partial charge >= 0.3 is 6.55 Å². The minimum atomic E-state index is -2.66. The molecule has 0 aliphatic carbocycles. The summed E-state index contributed by atoms with van der Waals surface area (Å²) in [4.78, 5) is 21.7. The van der Waals surface area contributed by atoms with E-state index in [9.17, 15) is 13.6 Å². The maximum Gasteiger partial charge on any atom is 0.319 e. The van der Waals surface area contributed by atoms with Gasteiger partial charge in [-0.1, -0.05) is 54.2 Å². The molecule has 2 heterocycles. The Kier molecular flexibility index (Phi) is 5.21. The minimum Gasteiger partial charge on any atom is -0.283 e. The molecule has 0 bridgehead atoms. The number of rotatable bonds is 6. The van der Waals surface area contributed by atoms with Crippen molar-refractivity contribution >= 4 is 22.7 Å². The molecule has 0 unspecified atom stereocenters. The van der Waals surface area contributed by atoms with Crippen LogP contribution in [-0.4, -0.2) is 19.1 Å². The van der Waals surface area contributed by atoms with Gasteiger partial charge in [-0.25, -0.2) is 9.97 Å². The minimum absolute atomic E-state index is 0.158. The van der Waals surface area contributed by atoms with Gasteiger partial charge in [-0.3, -0.25) is 13.9 Å². The van der Waals surface area contributed by atoms with E-state index in [1.54, 1.807) is 22.8 Å². The number of thioether (sulfide) groups is 1. The van der Waals surface area contributed by atoms with Crippen LogP contribution >= 0.6 is 11.8 Å². The zero-order chi connectivity index (χ0) is 19.5. The molecule has 28 heavy (non-hydrogen) atoms. The fourth-order valence-corrected chi connectivity index (χ4v) is 3.87. The predicted molar refractivity (Wildman–Crippen MR) is 105 cm³/mol. The third-order valence-corrected chi connectivity index (χ3v) is 5.27. The molecule has 0 radical (unpaired) electrons. The first-order valence-electron chi connectivity index (χ1n) is 8.59. The number of aromatic nitrogens is 4. The molecule has 0 saturated heterocycles. The van der Waals surface area contributed by atoms with Gasteiger partial charge in [0.2, 0.25) is 0 Å². The maximum atomic E-state index is 13.1. The van der Waals surface area contributed by atoms with Crippen LogP contribution in [0.15, 0.2) is 76.9 Å². The Labute approximate surface area is 163 Å². The summed E-state index contributed by atoms with van der Waals surface area (Å²) in [5.41, 5.74) is 1.38. The van der Waals surface area contributed by atoms with Crippen LogP contribution in [0.3, 0.4) is 0 Å². The molecule has 5 nitrogen and oxygen atoms in total. The van der Waals surface area contributed by atoms with Gasteiger partial charge in [0.1, 0.15) is 5.82 Å². The highest BCUT2D eigenvalue weighted by Crippen LogP contribution is 2.24. The van der Waals surface area contributed by atoms with Crippen molar-refractivity contribution < 1.29 is 8.78 Å². The predicted octanol–water partition coefficient (Wildman–Crippen LogP) is 4.33. The number of hydrogen-bond acceptors (Lipinski definition) is 4. The lowest BCUT2D eigenvalue weighted by molar-refractivity contribution is 0.0678. The molecule has 8 heteroatoms. The first kappa shape index (κ1) is 18.4. The summed E-state index contributed by atoms with van der Waals surface area (Å²) in [6.45, 7) is -2.31. The van der Waals surface area contributed by atoms with E-state index in [1.165, 1.54) is 24.2 Å². The van der Waals surface area contributed by atoms with Crippen LogP contribution in [0.4, 0.5) is 8.78 Å². The van der Waals surface area contributed by atoms with Gasteiger partial charge in [-0.2, -0.15) is 8.78 Å². The Hall–Kier alpha value is -3.00. The Morgan fingerprint density at radius 1 is 1.04 bits per heavy atom. The zero-order valence-corrected chi connectivity index (χ0v) is 15.5. The normalized spacial score (nSPS) is 11.4. The van der Waals surface area contributed by atoms with E-state index in [2.05, 4.69) is 9.97 Å². The molecule has 0 saturated carbocycles. The van der Waals surface area contributed by atoms with Gasteiger partial charge in [0, 0.05) is 12.4 Å². The third kappa shape index (κ3) is 3.68. The number of halogens is 2. The Morgan fingerprint density at radius 2 is 1.79 bits per heavy atom. The van der Waals surface area contributed by atoms with Crippen LogP contribution in [0.2, 0.25) is 0 Å². The number of para-hydroxylation sites is 1. The summed E-state index contributed by atoms with van der Waals surface area (Å²) >= 11 is 1.22. The molecule has 2 aromatic heterocycles. The summed E-state index contributed by atoms with van der Waals surface area (Å²) < 4.78 is 28.5. The molecule has 0 spiro atoms. The molecule has 0 fully saturated rings. The van der Waals surface area contributed by atoms with Crippen LogP contribution in [0, 0.1) is 0 Å². The van der Waals surface area contributed by atoms with Crippen molar-refractivity contribution in [1.82, 2.24) is 19.1 Å². The maximum absolute atomic E-state index is 13.1. The van der Waals surface area contributed by atoms with Crippen molar-refractivity contribution in [2.45, 2.75) is 24.0 Å². The molecule has 0 amide bonds. The SMILES string of the molecule is O=c1c2ccccc2nc(SCc2nccn2C(F)F)n1Cc1ccccc1. The molecule has 142 valence electrons. The van der Waals surface area contributed by atoms with E-state index < -0.39 is 6.55 Å². The standard InChI is InChI=1S/C20H16F2N4OS/c21-19(22)25-11-10-23-17(25)13-28-20-24-16-9-5-4-8-15(16)18(27)26(20)12-14-6-2-1-3-7-14/h1-11,19H,12-13H2. The lowest BCUT2D eigenvalue weighted by Gasteiger charge is -2.13. The second kappa shape index (κ2) is 7.93. The molecule has 0 aliphatic rings. The van der Waals surface area contributed by atoms with Crippen LogP contribution in [0.1, 0.15) is 17.9 Å². The van der Waals surface area contributed by atoms with E-state index in [1.807, 2.05) is 36.4 Å². The number of hydrogen-bond donors (Lipinski definition) is 0. The average Bonchev–Trinajstić information content (AvgIpc) is 3.19. The van der Waals surface area contributed by atoms with Gasteiger partial charge in [0.05, 0.1) is 23.2 Å². The molecular weight excluding hydrogens is 382 g/mol. The van der Waals surface area contributed by atoms with Crippen molar-refractivity contribution in [3.05, 3.63) is 88.7 Å². The van der Waals surface area contributed by atoms with Crippen LogP contribution in [0.5, 0.6) is 0 Å². The van der Waals surface area contributed by atoms with Crippen LogP contribution < -0.4 is 5.56 Å². The number of nitrogens with zero attached hydrogens (tertiary/aromatic N) is 4. The monoisotopic (exact) mass is 398 g/mol. The second-order valence-electron chi connectivity index (χ2n) is 6.11. The molecule has 4 rings (SSSR count). The summed E-state index contributed by atoms with van der Waals surface area (Å²) in [5, 5.41) is 0.994. The van der Waals surface area contributed by atoms with Crippen molar-refractivity contribution in [3.63, 3.8) is 0 Å². The topological polar surface area (TPSA) is 52.7 Å². The first-order chi connectivity index (χ1) is 13.6. The summed E-state index contributed by atoms with van der Waals surface area (Å²) in [5.74, 6) is 0.408. The second-order valence-corrected chi connectivity index (χ2v) is 7.05. The Balaban J connectivity index is 1.74. The van der Waals surface area contributed by atoms with Crippen molar-refractivity contribution in [1.29, 1.82) is 0 Å². The largest absolute Gasteiger partial charge is 0.319 e. The highest BCUT2D eigenvalue weighted by molar-refractivity contribution is 7.98. The molecule has 4 aromatic rings. The zero-order valence-electron chi connectivity index (χ0n) is 14.7. The number of alkyl halides is 2. The number of imidazole rings is 1. The van der Waals surface area contributed by atoms with Crippen LogP contribution in [-0.2, 0) is 12.3 Å². The lowest BCUT2D eigenvalue weighted by atomic mass is 10.2. The van der Waals surface area contributed by atoms with E-state index in [0.29, 0.717) is 22.6 Å². The quantitative estimate of drug-likeness (QED) is 0.358. The van der Waals surface area contributed by atoms with E-state index in [-0.39, 0.29) is 17.1 Å². The van der Waals surface area contributed by atoms with Crippen molar-refractivity contribution in [2.24, 2.45) is 0 Å². The van der Waals surface area contributed by atoms with Gasteiger partial charge < -0.3 is 0 Å². The fourth-order valence-electron chi connectivity index (χ4n) is 2.93. The number of fused-ring (bicyclic) bond motifs is 1. The Morgan fingerprint density at radius 3 is 2.57 bits per heavy atom. The van der Waals surface area contributed by atoms with E-state index >= 15 is 0 Å². The van der Waals surface area contributed by atoms with Gasteiger partial charge in [0.25, 0.3) is 5.56 Å². The van der Waals surface area contributed by atoms with Gasteiger partial charge in [-0.05, 0) is 17.7 Å². The fraction of sp³-hybridized carbons (Fsp3) is 0.150. The van der Waals surface area contributed by atoms with E-state index in [4.69, 9.17) is 0 Å². The highest BCUT2D eigenvalue weighted by atomic mass is 32.2. The summed E-state index contributed by atoms with van der Waals surface area (Å²) in [7, 11) is 0. The van der Waals surface area contributed by atoms with Crippen LogP contribution in [0.25, 0.3) is 10.9 Å². The van der Waals surface area contributed by atoms with Crippen molar-refractivity contribution in [2.75, 3.05) is 0 Å². The molecule has 0 aliphatic heterocycles. The lowest BCUT2D eigenvalue weighted by Crippen LogP contribution is -2.24.